The maximum atomic E-state index is 10.7. The fraction of sp³-hybridized carbons (Fsp3) is 0.857. The minimum absolute atomic E-state index is 0.898. The van der Waals surface area contributed by atoms with Crippen molar-refractivity contribution in [3.63, 3.8) is 0 Å². The summed E-state index contributed by atoms with van der Waals surface area (Å²) in [5.74, 6) is -2.39. The summed E-state index contributed by atoms with van der Waals surface area (Å²) in [4.78, 5) is 10.7. The third-order valence-electron chi connectivity index (χ3n) is 1.63. The van der Waals surface area contributed by atoms with Crippen molar-refractivity contribution in [3.8, 4) is 0 Å². The van der Waals surface area contributed by atoms with Gasteiger partial charge in [-0.15, -0.1) is 0 Å². The SMILES string of the molecule is NC(=O)NC(OCO)C(OCO)(OCO)OCO. The Hall–Kier alpha value is -1.05. The van der Waals surface area contributed by atoms with Crippen LogP contribution in [0.5, 0.6) is 0 Å². The van der Waals surface area contributed by atoms with E-state index in [1.165, 1.54) is 0 Å². The topological polar surface area (TPSA) is 173 Å². The summed E-state index contributed by atoms with van der Waals surface area (Å²) in [5, 5.41) is 36.7. The highest BCUT2D eigenvalue weighted by Gasteiger charge is 2.45. The Kier molecular flexibility index (Phi) is 8.43. The molecule has 11 nitrogen and oxygen atoms in total. The average Bonchev–Trinajstić information content (AvgIpc) is 2.29. The van der Waals surface area contributed by atoms with E-state index in [0.717, 1.165) is 0 Å². The molecule has 0 aliphatic heterocycles. The summed E-state index contributed by atoms with van der Waals surface area (Å²) < 4.78 is 18.4. The molecule has 0 fully saturated rings. The fourth-order valence-corrected chi connectivity index (χ4v) is 1.06. The zero-order valence-corrected chi connectivity index (χ0v) is 9.31. The second kappa shape index (κ2) is 8.96. The molecule has 18 heavy (non-hydrogen) atoms. The normalized spacial score (nSPS) is 13.3. The molecular formula is C7H16N2O9. The number of hydrogen-bond donors (Lipinski definition) is 6. The van der Waals surface area contributed by atoms with E-state index < -0.39 is 45.4 Å². The molecule has 0 aliphatic rings. The van der Waals surface area contributed by atoms with Crippen molar-refractivity contribution in [2.75, 3.05) is 27.2 Å². The Bertz CT molecular complexity index is 222. The summed E-state index contributed by atoms with van der Waals surface area (Å²) >= 11 is 0. The van der Waals surface area contributed by atoms with Crippen LogP contribution in [-0.2, 0) is 18.9 Å². The van der Waals surface area contributed by atoms with Gasteiger partial charge in [0.15, 0.2) is 0 Å². The van der Waals surface area contributed by atoms with Crippen molar-refractivity contribution in [3.05, 3.63) is 0 Å². The predicted molar refractivity (Wildman–Crippen MR) is 51.9 cm³/mol. The van der Waals surface area contributed by atoms with Gasteiger partial charge in [-0.1, -0.05) is 0 Å². The summed E-state index contributed by atoms with van der Waals surface area (Å²) in [5.41, 5.74) is 4.84. The van der Waals surface area contributed by atoms with Gasteiger partial charge in [0.25, 0.3) is 0 Å². The van der Waals surface area contributed by atoms with E-state index in [9.17, 15) is 4.79 Å². The van der Waals surface area contributed by atoms with Gasteiger partial charge in [0.1, 0.15) is 27.2 Å². The molecular weight excluding hydrogens is 256 g/mol. The van der Waals surface area contributed by atoms with Crippen LogP contribution in [0.25, 0.3) is 0 Å². The molecule has 1 unspecified atom stereocenters. The lowest BCUT2D eigenvalue weighted by molar-refractivity contribution is -0.455. The van der Waals surface area contributed by atoms with Gasteiger partial charge in [0.05, 0.1) is 0 Å². The Morgan fingerprint density at radius 2 is 1.50 bits per heavy atom. The molecule has 11 heteroatoms. The summed E-state index contributed by atoms with van der Waals surface area (Å²) in [6, 6.07) is -1.09. The van der Waals surface area contributed by atoms with Crippen LogP contribution >= 0.6 is 0 Å². The summed E-state index contributed by atoms with van der Waals surface area (Å²) in [7, 11) is 0. The molecule has 2 amide bonds. The number of aliphatic hydroxyl groups is 4. The molecule has 0 saturated heterocycles. The van der Waals surface area contributed by atoms with Crippen molar-refractivity contribution in [1.82, 2.24) is 5.32 Å². The number of urea groups is 1. The summed E-state index contributed by atoms with van der Waals surface area (Å²) in [6.45, 7) is -3.80. The molecule has 7 N–H and O–H groups in total. The number of ether oxygens (including phenoxy) is 4. The number of rotatable bonds is 10. The van der Waals surface area contributed by atoms with Crippen LogP contribution < -0.4 is 11.1 Å². The van der Waals surface area contributed by atoms with Crippen LogP contribution in [0.1, 0.15) is 0 Å². The van der Waals surface area contributed by atoms with E-state index in [-0.39, 0.29) is 0 Å². The van der Waals surface area contributed by atoms with Crippen LogP contribution in [0.3, 0.4) is 0 Å². The second-order valence-electron chi connectivity index (χ2n) is 2.61. The van der Waals surface area contributed by atoms with E-state index in [4.69, 9.17) is 26.2 Å². The monoisotopic (exact) mass is 272 g/mol. The van der Waals surface area contributed by atoms with Crippen molar-refractivity contribution in [1.29, 1.82) is 0 Å². The number of carbonyl (C=O) groups is 1. The van der Waals surface area contributed by atoms with Gasteiger partial charge in [0.2, 0.25) is 6.23 Å². The molecule has 108 valence electrons. The van der Waals surface area contributed by atoms with E-state index in [2.05, 4.69) is 18.9 Å². The Labute approximate surface area is 102 Å². The van der Waals surface area contributed by atoms with Crippen molar-refractivity contribution < 1.29 is 44.2 Å². The maximum Gasteiger partial charge on any atom is 0.337 e. The van der Waals surface area contributed by atoms with Crippen molar-refractivity contribution in [2.45, 2.75) is 12.2 Å². The molecule has 0 radical (unpaired) electrons. The quantitative estimate of drug-likeness (QED) is 0.220. The first-order valence-corrected chi connectivity index (χ1v) is 4.59. The standard InChI is InChI=1S/C7H16N2O9/c8-6(14)9-5(15-1-10)7(16-2-11,17-3-12)18-4-13/h5,10-13H,1-4H2,(H3,8,9,14). The molecule has 0 aromatic carbocycles. The lowest BCUT2D eigenvalue weighted by Gasteiger charge is -2.36. The number of nitrogens with two attached hydrogens (primary N) is 1. The van der Waals surface area contributed by atoms with Gasteiger partial charge in [-0.05, 0) is 0 Å². The molecule has 0 aromatic heterocycles. The molecule has 0 aliphatic carbocycles. The van der Waals surface area contributed by atoms with E-state index in [1.807, 2.05) is 5.32 Å². The number of nitrogens with one attached hydrogen (secondary N) is 1. The van der Waals surface area contributed by atoms with E-state index in [1.54, 1.807) is 0 Å². The Morgan fingerprint density at radius 1 is 1.06 bits per heavy atom. The second-order valence-corrected chi connectivity index (χ2v) is 2.61. The van der Waals surface area contributed by atoms with Gasteiger partial charge in [-0.3, -0.25) is 14.2 Å². The zero-order valence-electron chi connectivity index (χ0n) is 9.31. The van der Waals surface area contributed by atoms with Crippen LogP contribution in [0, 0.1) is 0 Å². The lowest BCUT2D eigenvalue weighted by atomic mass is 10.4. The molecule has 0 heterocycles. The fourth-order valence-electron chi connectivity index (χ4n) is 1.06. The lowest BCUT2D eigenvalue weighted by Crippen LogP contribution is -2.60. The van der Waals surface area contributed by atoms with Gasteiger partial charge >= 0.3 is 12.0 Å². The highest BCUT2D eigenvalue weighted by molar-refractivity contribution is 5.71. The Balaban J connectivity index is 5.06. The van der Waals surface area contributed by atoms with Crippen LogP contribution in [0.2, 0.25) is 0 Å². The maximum absolute atomic E-state index is 10.7. The number of amides is 2. The number of carbonyl (C=O) groups excluding carboxylic acids is 1. The largest absolute Gasteiger partial charge is 0.371 e. The molecule has 1 atom stereocenters. The number of aliphatic hydroxyl groups excluding tert-OH is 4. The molecule has 0 saturated carbocycles. The third kappa shape index (κ3) is 5.07. The zero-order chi connectivity index (χ0) is 14.0. The van der Waals surface area contributed by atoms with Gasteiger partial charge in [-0.25, -0.2) is 4.79 Å². The molecule has 0 bridgehead atoms. The average molecular weight is 272 g/mol. The van der Waals surface area contributed by atoms with Crippen LogP contribution in [-0.4, -0.2) is 65.8 Å². The van der Waals surface area contributed by atoms with E-state index >= 15 is 0 Å². The highest BCUT2D eigenvalue weighted by Crippen LogP contribution is 2.21. The highest BCUT2D eigenvalue weighted by atomic mass is 16.9. The first-order valence-electron chi connectivity index (χ1n) is 4.59. The van der Waals surface area contributed by atoms with E-state index in [0.29, 0.717) is 0 Å². The smallest absolute Gasteiger partial charge is 0.337 e. The first-order chi connectivity index (χ1) is 8.56. The van der Waals surface area contributed by atoms with Crippen LogP contribution in [0.15, 0.2) is 0 Å². The predicted octanol–water partition coefficient (Wildman–Crippen LogP) is -3.50. The van der Waals surface area contributed by atoms with Crippen LogP contribution in [0.4, 0.5) is 4.79 Å². The summed E-state index contributed by atoms with van der Waals surface area (Å²) in [6.07, 6.45) is -1.66. The third-order valence-corrected chi connectivity index (χ3v) is 1.63. The van der Waals surface area contributed by atoms with Gasteiger partial charge < -0.3 is 36.2 Å². The number of hydrogen-bond acceptors (Lipinski definition) is 9. The van der Waals surface area contributed by atoms with Crippen molar-refractivity contribution >= 4 is 6.03 Å². The van der Waals surface area contributed by atoms with Gasteiger partial charge in [-0.2, -0.15) is 0 Å². The molecule has 0 spiro atoms. The first kappa shape index (κ1) is 16.9. The number of primary amides is 1. The van der Waals surface area contributed by atoms with Crippen molar-refractivity contribution in [2.24, 2.45) is 5.73 Å². The molecule has 0 rings (SSSR count). The minimum atomic E-state index is -2.39. The molecule has 0 aromatic rings. The van der Waals surface area contributed by atoms with Gasteiger partial charge in [0, 0.05) is 0 Å². The minimum Gasteiger partial charge on any atom is -0.371 e. The Morgan fingerprint density at radius 3 is 1.78 bits per heavy atom.